The molecule has 0 bridgehead atoms. The van der Waals surface area contributed by atoms with Gasteiger partial charge < -0.3 is 0 Å². The van der Waals surface area contributed by atoms with Crippen LogP contribution in [0.1, 0.15) is 24.8 Å². The van der Waals surface area contributed by atoms with Crippen molar-refractivity contribution in [3.63, 3.8) is 0 Å². The highest BCUT2D eigenvalue weighted by molar-refractivity contribution is 5.87. The van der Waals surface area contributed by atoms with Gasteiger partial charge in [-0.3, -0.25) is 4.79 Å². The number of fused-ring (bicyclic) bond motifs is 1. The summed E-state index contributed by atoms with van der Waals surface area (Å²) >= 11 is 0. The van der Waals surface area contributed by atoms with Crippen molar-refractivity contribution in [2.75, 3.05) is 0 Å². The smallest absolute Gasteiger partial charge is 0.139 e. The highest BCUT2D eigenvalue weighted by Gasteiger charge is 2.48. The first kappa shape index (κ1) is 9.14. The SMILES string of the molecule is O=C1[C@H](Cc2ccccc2)CC[C@H]2C[C@@H]12. The van der Waals surface area contributed by atoms with E-state index in [0.29, 0.717) is 17.6 Å². The Bertz CT molecular complexity index is 368. The fraction of sp³-hybridized carbons (Fsp3) is 0.500. The van der Waals surface area contributed by atoms with Gasteiger partial charge in [0.25, 0.3) is 0 Å². The third kappa shape index (κ3) is 1.71. The highest BCUT2D eigenvalue weighted by atomic mass is 16.1. The lowest BCUT2D eigenvalue weighted by atomic mass is 9.84. The summed E-state index contributed by atoms with van der Waals surface area (Å²) < 4.78 is 0. The molecular formula is C14H16O. The van der Waals surface area contributed by atoms with Crippen LogP contribution >= 0.6 is 0 Å². The summed E-state index contributed by atoms with van der Waals surface area (Å²) in [6.45, 7) is 0. The van der Waals surface area contributed by atoms with Crippen molar-refractivity contribution in [2.45, 2.75) is 25.7 Å². The molecule has 2 fully saturated rings. The zero-order chi connectivity index (χ0) is 10.3. The van der Waals surface area contributed by atoms with Crippen molar-refractivity contribution in [3.05, 3.63) is 35.9 Å². The molecule has 2 aliphatic rings. The number of rotatable bonds is 2. The Labute approximate surface area is 90.5 Å². The first-order chi connectivity index (χ1) is 7.34. The molecule has 1 aromatic rings. The van der Waals surface area contributed by atoms with E-state index in [2.05, 4.69) is 24.3 Å². The Balaban J connectivity index is 1.70. The molecule has 0 heterocycles. The topological polar surface area (TPSA) is 17.1 Å². The molecular weight excluding hydrogens is 184 g/mol. The van der Waals surface area contributed by atoms with Crippen LogP contribution in [0.5, 0.6) is 0 Å². The number of ketones is 1. The molecule has 0 amide bonds. The molecule has 0 radical (unpaired) electrons. The summed E-state index contributed by atoms with van der Waals surface area (Å²) in [6.07, 6.45) is 4.55. The van der Waals surface area contributed by atoms with Crippen LogP contribution in [0.2, 0.25) is 0 Å². The molecule has 78 valence electrons. The number of carbonyl (C=O) groups is 1. The van der Waals surface area contributed by atoms with Crippen molar-refractivity contribution in [2.24, 2.45) is 17.8 Å². The second-order valence-electron chi connectivity index (χ2n) is 4.97. The van der Waals surface area contributed by atoms with Gasteiger partial charge in [0.2, 0.25) is 0 Å². The first-order valence-corrected chi connectivity index (χ1v) is 5.92. The Morgan fingerprint density at radius 2 is 1.93 bits per heavy atom. The molecule has 1 nitrogen and oxygen atoms in total. The average molecular weight is 200 g/mol. The number of hydrogen-bond acceptors (Lipinski definition) is 1. The van der Waals surface area contributed by atoms with Gasteiger partial charge in [0.15, 0.2) is 0 Å². The minimum absolute atomic E-state index is 0.316. The molecule has 1 aromatic carbocycles. The summed E-state index contributed by atoms with van der Waals surface area (Å²) in [5.41, 5.74) is 1.31. The number of hydrogen-bond donors (Lipinski definition) is 0. The van der Waals surface area contributed by atoms with E-state index in [1.54, 1.807) is 0 Å². The zero-order valence-electron chi connectivity index (χ0n) is 8.86. The summed E-state index contributed by atoms with van der Waals surface area (Å²) in [6, 6.07) is 10.4. The summed E-state index contributed by atoms with van der Waals surface area (Å²) in [7, 11) is 0. The van der Waals surface area contributed by atoms with Gasteiger partial charge in [0.05, 0.1) is 0 Å². The third-order valence-electron chi connectivity index (χ3n) is 3.90. The molecule has 0 aliphatic heterocycles. The zero-order valence-corrected chi connectivity index (χ0v) is 8.86. The van der Waals surface area contributed by atoms with E-state index in [1.165, 1.54) is 18.4 Å². The van der Waals surface area contributed by atoms with Gasteiger partial charge in [-0.2, -0.15) is 0 Å². The highest BCUT2D eigenvalue weighted by Crippen LogP contribution is 2.49. The predicted octanol–water partition coefficient (Wildman–Crippen LogP) is 2.84. The van der Waals surface area contributed by atoms with Crippen LogP contribution in [0, 0.1) is 17.8 Å². The minimum atomic E-state index is 0.316. The maximum atomic E-state index is 12.0. The van der Waals surface area contributed by atoms with E-state index in [4.69, 9.17) is 0 Å². The van der Waals surface area contributed by atoms with Crippen molar-refractivity contribution in [3.8, 4) is 0 Å². The average Bonchev–Trinajstić information content (AvgIpc) is 3.04. The molecule has 15 heavy (non-hydrogen) atoms. The molecule has 3 rings (SSSR count). The number of benzene rings is 1. The molecule has 0 unspecified atom stereocenters. The third-order valence-corrected chi connectivity index (χ3v) is 3.90. The summed E-state index contributed by atoms with van der Waals surface area (Å²) in [5, 5.41) is 0. The van der Waals surface area contributed by atoms with Crippen LogP contribution in [0.4, 0.5) is 0 Å². The van der Waals surface area contributed by atoms with Gasteiger partial charge in [-0.15, -0.1) is 0 Å². The maximum absolute atomic E-state index is 12.0. The van der Waals surface area contributed by atoms with E-state index in [1.807, 2.05) is 6.07 Å². The fourth-order valence-corrected chi connectivity index (χ4v) is 2.88. The monoisotopic (exact) mass is 200 g/mol. The number of carbonyl (C=O) groups excluding carboxylic acids is 1. The van der Waals surface area contributed by atoms with E-state index >= 15 is 0 Å². The van der Waals surface area contributed by atoms with Gasteiger partial charge in [-0.05, 0) is 37.2 Å². The van der Waals surface area contributed by atoms with Crippen LogP contribution in [0.3, 0.4) is 0 Å². The quantitative estimate of drug-likeness (QED) is 0.717. The number of Topliss-reactive ketones (excluding diaryl/α,β-unsaturated/α-hetero) is 1. The standard InChI is InChI=1S/C14H16O/c15-14-12(7-6-11-9-13(11)14)8-10-4-2-1-3-5-10/h1-5,11-13H,6-9H2/t11-,12-,13+/m0/s1. The first-order valence-electron chi connectivity index (χ1n) is 5.92. The van der Waals surface area contributed by atoms with Crippen molar-refractivity contribution < 1.29 is 4.79 Å². The molecule has 0 saturated heterocycles. The van der Waals surface area contributed by atoms with Crippen molar-refractivity contribution in [1.82, 2.24) is 0 Å². The van der Waals surface area contributed by atoms with Crippen LogP contribution < -0.4 is 0 Å². The van der Waals surface area contributed by atoms with Gasteiger partial charge in [-0.25, -0.2) is 0 Å². The molecule has 0 aromatic heterocycles. The Hall–Kier alpha value is -1.11. The minimum Gasteiger partial charge on any atom is -0.299 e. The lowest BCUT2D eigenvalue weighted by Gasteiger charge is -2.19. The van der Waals surface area contributed by atoms with Gasteiger partial charge in [-0.1, -0.05) is 30.3 Å². The second-order valence-corrected chi connectivity index (χ2v) is 4.97. The van der Waals surface area contributed by atoms with Crippen LogP contribution in [-0.4, -0.2) is 5.78 Å². The van der Waals surface area contributed by atoms with Crippen LogP contribution in [0.25, 0.3) is 0 Å². The molecule has 2 aliphatic carbocycles. The largest absolute Gasteiger partial charge is 0.299 e. The van der Waals surface area contributed by atoms with E-state index in [-0.39, 0.29) is 0 Å². The fourth-order valence-electron chi connectivity index (χ4n) is 2.88. The lowest BCUT2D eigenvalue weighted by Crippen LogP contribution is -2.23. The van der Waals surface area contributed by atoms with E-state index in [0.717, 1.165) is 18.8 Å². The Kier molecular flexibility index (Phi) is 2.12. The summed E-state index contributed by atoms with van der Waals surface area (Å²) in [5.74, 6) is 2.09. The van der Waals surface area contributed by atoms with Gasteiger partial charge in [0, 0.05) is 11.8 Å². The van der Waals surface area contributed by atoms with Crippen LogP contribution in [0.15, 0.2) is 30.3 Å². The van der Waals surface area contributed by atoms with Gasteiger partial charge >= 0.3 is 0 Å². The maximum Gasteiger partial charge on any atom is 0.139 e. The normalized spacial score (nSPS) is 33.6. The molecule has 2 saturated carbocycles. The molecule has 0 N–H and O–H groups in total. The second kappa shape index (κ2) is 3.48. The molecule has 3 atom stereocenters. The van der Waals surface area contributed by atoms with Crippen molar-refractivity contribution in [1.29, 1.82) is 0 Å². The van der Waals surface area contributed by atoms with E-state index in [9.17, 15) is 4.79 Å². The lowest BCUT2D eigenvalue weighted by molar-refractivity contribution is -0.125. The van der Waals surface area contributed by atoms with Crippen molar-refractivity contribution >= 4 is 5.78 Å². The Morgan fingerprint density at radius 3 is 2.73 bits per heavy atom. The predicted molar refractivity (Wildman–Crippen MR) is 59.5 cm³/mol. The van der Waals surface area contributed by atoms with Gasteiger partial charge in [0.1, 0.15) is 5.78 Å². The molecule has 0 spiro atoms. The molecule has 1 heteroatoms. The van der Waals surface area contributed by atoms with Crippen LogP contribution in [-0.2, 0) is 11.2 Å². The summed E-state index contributed by atoms with van der Waals surface area (Å²) in [4.78, 5) is 12.0. The van der Waals surface area contributed by atoms with E-state index < -0.39 is 0 Å². The Morgan fingerprint density at radius 1 is 1.13 bits per heavy atom.